The van der Waals surface area contributed by atoms with Crippen molar-refractivity contribution in [2.45, 2.75) is 110 Å². The molecular weight excluding hydrogens is 807 g/mol. The fourth-order valence-electron chi connectivity index (χ4n) is 7.30. The van der Waals surface area contributed by atoms with Crippen LogP contribution in [-0.2, 0) is 51.2 Å². The van der Waals surface area contributed by atoms with Crippen molar-refractivity contribution in [3.8, 4) is 0 Å². The molecule has 7 amide bonds. The molecule has 6 atom stereocenters. The van der Waals surface area contributed by atoms with E-state index >= 15 is 0 Å². The first-order chi connectivity index (χ1) is 29.8. The molecule has 0 aromatic heterocycles. The molecule has 4 aromatic rings. The molecule has 0 saturated carbocycles. The molecule has 16 heteroatoms. The number of benzene rings is 4. The quantitative estimate of drug-likeness (QED) is 0.0578. The molecule has 63 heavy (non-hydrogen) atoms. The van der Waals surface area contributed by atoms with E-state index in [1.54, 1.807) is 26.0 Å². The summed E-state index contributed by atoms with van der Waals surface area (Å²) in [7, 11) is 0. The summed E-state index contributed by atoms with van der Waals surface area (Å²) >= 11 is 0. The average Bonchev–Trinajstić information content (AvgIpc) is 3.22. The van der Waals surface area contributed by atoms with Gasteiger partial charge in [-0.15, -0.1) is 0 Å². The Hall–Kier alpha value is -6.84. The number of carbonyl (C=O) groups is 8. The van der Waals surface area contributed by atoms with Gasteiger partial charge in [-0.05, 0) is 64.3 Å². The van der Waals surface area contributed by atoms with Crippen LogP contribution in [0.5, 0.6) is 0 Å². The van der Waals surface area contributed by atoms with E-state index < -0.39 is 95.9 Å². The van der Waals surface area contributed by atoms with Gasteiger partial charge in [-0.25, -0.2) is 0 Å². The largest absolute Gasteiger partial charge is 0.481 e. The zero-order chi connectivity index (χ0) is 46.4. The van der Waals surface area contributed by atoms with Gasteiger partial charge in [0.2, 0.25) is 41.4 Å². The highest BCUT2D eigenvalue weighted by Gasteiger charge is 2.34. The van der Waals surface area contributed by atoms with E-state index in [-0.39, 0.29) is 31.6 Å². The lowest BCUT2D eigenvalue weighted by molar-refractivity contribution is -0.138. The first-order valence-corrected chi connectivity index (χ1v) is 21.1. The summed E-state index contributed by atoms with van der Waals surface area (Å²) in [4.78, 5) is 105. The first kappa shape index (κ1) is 48.8. The van der Waals surface area contributed by atoms with E-state index in [1.165, 1.54) is 13.8 Å². The highest BCUT2D eigenvalue weighted by Crippen LogP contribution is 2.22. The van der Waals surface area contributed by atoms with Crippen molar-refractivity contribution < 1.29 is 43.5 Å². The van der Waals surface area contributed by atoms with Gasteiger partial charge < -0.3 is 42.7 Å². The molecule has 0 aliphatic carbocycles. The van der Waals surface area contributed by atoms with Crippen molar-refractivity contribution in [3.63, 3.8) is 0 Å². The topological polar surface area (TPSA) is 255 Å². The third kappa shape index (κ3) is 14.4. The second-order valence-corrected chi connectivity index (χ2v) is 16.5. The number of fused-ring (bicyclic) bond motifs is 2. The van der Waals surface area contributed by atoms with Gasteiger partial charge in [-0.1, -0.05) is 113 Å². The Labute approximate surface area is 366 Å². The predicted molar refractivity (Wildman–Crippen MR) is 239 cm³/mol. The molecule has 0 aliphatic rings. The number of carbonyl (C=O) groups excluding carboxylic acids is 7. The summed E-state index contributed by atoms with van der Waals surface area (Å²) in [5.74, 6) is -6.75. The van der Waals surface area contributed by atoms with Crippen LogP contribution < -0.4 is 37.6 Å². The number of rotatable bonds is 22. The molecule has 0 bridgehead atoms. The SMILES string of the molecule is CC(=O)N[C@@H](Cc1cccc2ccccc12)C(=O)N[C@H](C(=O)N[C@@H](CC(C)C)C(=O)N[C@@H](C)C(=O)N[C@@H](CCC(=O)O)C(=O)N[C@@H](Cc1cccc2ccccc12)C(N)=O)C(C)C. The van der Waals surface area contributed by atoms with Crippen molar-refractivity contribution in [1.82, 2.24) is 31.9 Å². The summed E-state index contributed by atoms with van der Waals surface area (Å²) in [6, 6.07) is 19.1. The van der Waals surface area contributed by atoms with Gasteiger partial charge in [0, 0.05) is 26.2 Å². The molecule has 0 heterocycles. The number of nitrogens with one attached hydrogen (secondary N) is 6. The van der Waals surface area contributed by atoms with Crippen LogP contribution in [0.4, 0.5) is 0 Å². The number of carboxylic acids is 1. The standard InChI is InChI=1S/C47H59N7O9/c1-26(2)23-38(53-47(63)41(27(3)4)54-46(62)39(50-29(6)55)25-33-18-12-16-31-14-8-10-20-35(31)33)45(61)49-28(5)43(59)51-36(21-22-40(56)57)44(60)52-37(42(48)58)24-32-17-11-15-30-13-7-9-19-34(30)32/h7-20,26-28,36-39,41H,21-25H2,1-6H3,(H2,48,58)(H,49,61)(H,50,55)(H,51,59)(H,52,60)(H,53,63)(H,54,62)(H,56,57)/t28-,36-,37-,38-,39-,41-/m0/s1. The second-order valence-electron chi connectivity index (χ2n) is 16.5. The van der Waals surface area contributed by atoms with E-state index in [0.29, 0.717) is 0 Å². The lowest BCUT2D eigenvalue weighted by atomic mass is 9.97. The van der Waals surface area contributed by atoms with Crippen LogP contribution in [0.2, 0.25) is 0 Å². The number of primary amides is 1. The van der Waals surface area contributed by atoms with Crippen molar-refractivity contribution in [2.24, 2.45) is 17.6 Å². The number of aliphatic carboxylic acids is 1. The smallest absolute Gasteiger partial charge is 0.303 e. The van der Waals surface area contributed by atoms with Crippen LogP contribution in [0.15, 0.2) is 84.9 Å². The van der Waals surface area contributed by atoms with Gasteiger partial charge in [-0.2, -0.15) is 0 Å². The van der Waals surface area contributed by atoms with Crippen LogP contribution in [0.3, 0.4) is 0 Å². The molecule has 0 fully saturated rings. The van der Waals surface area contributed by atoms with Crippen molar-refractivity contribution in [1.29, 1.82) is 0 Å². The minimum atomic E-state index is -1.43. The summed E-state index contributed by atoms with van der Waals surface area (Å²) in [5, 5.41) is 28.9. The van der Waals surface area contributed by atoms with Gasteiger partial charge in [0.1, 0.15) is 36.3 Å². The summed E-state index contributed by atoms with van der Waals surface area (Å²) < 4.78 is 0. The Morgan fingerprint density at radius 3 is 1.52 bits per heavy atom. The molecule has 16 nitrogen and oxygen atoms in total. The zero-order valence-corrected chi connectivity index (χ0v) is 36.5. The van der Waals surface area contributed by atoms with Gasteiger partial charge in [0.05, 0.1) is 0 Å². The van der Waals surface area contributed by atoms with Crippen LogP contribution in [-0.4, -0.2) is 88.7 Å². The molecule has 0 spiro atoms. The minimum absolute atomic E-state index is 0.0276. The summed E-state index contributed by atoms with van der Waals surface area (Å²) in [6.07, 6.45) is -0.525. The van der Waals surface area contributed by atoms with Crippen molar-refractivity contribution >= 4 is 68.9 Å². The van der Waals surface area contributed by atoms with Crippen molar-refractivity contribution in [2.75, 3.05) is 0 Å². The Morgan fingerprint density at radius 1 is 0.540 bits per heavy atom. The molecule has 0 radical (unpaired) electrons. The Kier molecular flexibility index (Phi) is 17.7. The van der Waals surface area contributed by atoms with E-state index in [0.717, 1.165) is 32.7 Å². The Morgan fingerprint density at radius 2 is 1.02 bits per heavy atom. The monoisotopic (exact) mass is 865 g/mol. The molecule has 0 unspecified atom stereocenters. The van der Waals surface area contributed by atoms with Gasteiger partial charge in [0.25, 0.3) is 0 Å². The maximum Gasteiger partial charge on any atom is 0.303 e. The predicted octanol–water partition coefficient (Wildman–Crippen LogP) is 2.78. The van der Waals surface area contributed by atoms with Gasteiger partial charge in [0.15, 0.2) is 0 Å². The molecular formula is C47H59N7O9. The molecule has 0 saturated heterocycles. The number of amides is 7. The number of hydrogen-bond acceptors (Lipinski definition) is 8. The summed E-state index contributed by atoms with van der Waals surface area (Å²) in [5.41, 5.74) is 7.24. The van der Waals surface area contributed by atoms with E-state index in [2.05, 4.69) is 31.9 Å². The fourth-order valence-corrected chi connectivity index (χ4v) is 7.30. The highest BCUT2D eigenvalue weighted by atomic mass is 16.4. The molecule has 9 N–H and O–H groups in total. The van der Waals surface area contributed by atoms with Crippen LogP contribution in [0.1, 0.15) is 71.9 Å². The summed E-state index contributed by atoms with van der Waals surface area (Å²) in [6.45, 7) is 9.76. The maximum absolute atomic E-state index is 13.9. The maximum atomic E-state index is 13.9. The minimum Gasteiger partial charge on any atom is -0.481 e. The van der Waals surface area contributed by atoms with Gasteiger partial charge in [-0.3, -0.25) is 38.4 Å². The van der Waals surface area contributed by atoms with Crippen LogP contribution >= 0.6 is 0 Å². The van der Waals surface area contributed by atoms with E-state index in [1.807, 2.05) is 86.6 Å². The van der Waals surface area contributed by atoms with Crippen LogP contribution in [0, 0.1) is 11.8 Å². The van der Waals surface area contributed by atoms with Crippen molar-refractivity contribution in [3.05, 3.63) is 96.1 Å². The van der Waals surface area contributed by atoms with Gasteiger partial charge >= 0.3 is 5.97 Å². The second kappa shape index (κ2) is 22.8. The Bertz CT molecular complexity index is 2300. The molecule has 4 rings (SSSR count). The third-order valence-corrected chi connectivity index (χ3v) is 10.6. The molecule has 4 aromatic carbocycles. The highest BCUT2D eigenvalue weighted by molar-refractivity contribution is 5.97. The fraction of sp³-hybridized carbons (Fsp3) is 0.404. The molecule has 336 valence electrons. The lowest BCUT2D eigenvalue weighted by Gasteiger charge is -2.28. The number of nitrogens with two attached hydrogens (primary N) is 1. The molecule has 0 aliphatic heterocycles. The third-order valence-electron chi connectivity index (χ3n) is 10.6. The first-order valence-electron chi connectivity index (χ1n) is 21.1. The van der Waals surface area contributed by atoms with E-state index in [9.17, 15) is 43.5 Å². The number of hydrogen-bond donors (Lipinski definition) is 8. The average molecular weight is 866 g/mol. The number of carboxylic acid groups (broad SMARTS) is 1. The van der Waals surface area contributed by atoms with E-state index in [4.69, 9.17) is 5.73 Å². The lowest BCUT2D eigenvalue weighted by Crippen LogP contribution is -2.60. The Balaban J connectivity index is 1.44. The normalized spacial score (nSPS) is 14.1. The van der Waals surface area contributed by atoms with Crippen LogP contribution in [0.25, 0.3) is 21.5 Å². The zero-order valence-electron chi connectivity index (χ0n) is 36.5.